The molecule has 0 unspecified atom stereocenters. The molecule has 1 saturated carbocycles. The molecule has 6 nitrogen and oxygen atoms in total. The number of ether oxygens (including phenoxy) is 2. The van der Waals surface area contributed by atoms with E-state index in [1.165, 1.54) is 0 Å². The van der Waals surface area contributed by atoms with Crippen molar-refractivity contribution in [2.75, 3.05) is 26.8 Å². The van der Waals surface area contributed by atoms with Crippen molar-refractivity contribution in [1.82, 2.24) is 4.90 Å². The molecule has 1 amide bonds. The number of carbonyl (C=O) groups is 2. The SMILES string of the molecule is COc1cccc([C@@H]2C[C@@H]2C(=O)N2CCO[C@H](C(=O)O)C2)c1. The van der Waals surface area contributed by atoms with E-state index < -0.39 is 12.1 Å². The number of rotatable bonds is 4. The summed E-state index contributed by atoms with van der Waals surface area (Å²) >= 11 is 0. The molecule has 0 radical (unpaired) electrons. The third-order valence-electron chi connectivity index (χ3n) is 4.28. The fourth-order valence-electron chi connectivity index (χ4n) is 2.94. The molecule has 1 aromatic rings. The third kappa shape index (κ3) is 2.92. The fourth-order valence-corrected chi connectivity index (χ4v) is 2.94. The Morgan fingerprint density at radius 1 is 1.41 bits per heavy atom. The molecule has 22 heavy (non-hydrogen) atoms. The molecule has 1 aliphatic heterocycles. The molecular weight excluding hydrogens is 286 g/mol. The van der Waals surface area contributed by atoms with Crippen molar-refractivity contribution >= 4 is 11.9 Å². The minimum absolute atomic E-state index is 0.0300. The average molecular weight is 305 g/mol. The quantitative estimate of drug-likeness (QED) is 0.902. The molecule has 2 fully saturated rings. The number of amides is 1. The lowest BCUT2D eigenvalue weighted by Crippen LogP contribution is -2.49. The van der Waals surface area contributed by atoms with E-state index in [1.807, 2.05) is 24.3 Å². The average Bonchev–Trinajstić information content (AvgIpc) is 3.35. The highest BCUT2D eigenvalue weighted by Crippen LogP contribution is 2.49. The van der Waals surface area contributed by atoms with Gasteiger partial charge in [0.2, 0.25) is 5.91 Å². The van der Waals surface area contributed by atoms with Crippen molar-refractivity contribution in [1.29, 1.82) is 0 Å². The van der Waals surface area contributed by atoms with E-state index in [9.17, 15) is 9.59 Å². The predicted molar refractivity (Wildman–Crippen MR) is 77.8 cm³/mol. The van der Waals surface area contributed by atoms with Crippen molar-refractivity contribution < 1.29 is 24.2 Å². The smallest absolute Gasteiger partial charge is 0.334 e. The van der Waals surface area contributed by atoms with Crippen molar-refractivity contribution in [2.24, 2.45) is 5.92 Å². The van der Waals surface area contributed by atoms with Crippen LogP contribution in [0.1, 0.15) is 17.9 Å². The molecule has 1 aromatic carbocycles. The van der Waals surface area contributed by atoms with E-state index in [0.717, 1.165) is 17.7 Å². The summed E-state index contributed by atoms with van der Waals surface area (Å²) in [6.45, 7) is 0.874. The van der Waals surface area contributed by atoms with Crippen molar-refractivity contribution in [3.63, 3.8) is 0 Å². The van der Waals surface area contributed by atoms with Gasteiger partial charge in [-0.1, -0.05) is 12.1 Å². The van der Waals surface area contributed by atoms with Crippen LogP contribution in [0.3, 0.4) is 0 Å². The summed E-state index contributed by atoms with van der Waals surface area (Å²) in [7, 11) is 1.62. The first-order valence-electron chi connectivity index (χ1n) is 7.37. The Hall–Kier alpha value is -2.08. The first-order chi connectivity index (χ1) is 10.6. The molecule has 1 aliphatic carbocycles. The monoisotopic (exact) mass is 305 g/mol. The van der Waals surface area contributed by atoms with Crippen LogP contribution in [-0.2, 0) is 14.3 Å². The maximum atomic E-state index is 12.5. The van der Waals surface area contributed by atoms with Crippen LogP contribution in [0, 0.1) is 5.92 Å². The number of methoxy groups -OCH3 is 1. The van der Waals surface area contributed by atoms with Crippen LogP contribution < -0.4 is 4.74 Å². The number of aliphatic carboxylic acids is 1. The Labute approximate surface area is 128 Å². The largest absolute Gasteiger partial charge is 0.497 e. The van der Waals surface area contributed by atoms with Gasteiger partial charge in [-0.05, 0) is 30.0 Å². The summed E-state index contributed by atoms with van der Waals surface area (Å²) in [6.07, 6.45) is -0.104. The molecule has 6 heteroatoms. The Balaban J connectivity index is 1.63. The number of benzene rings is 1. The second-order valence-corrected chi connectivity index (χ2v) is 5.71. The standard InChI is InChI=1S/C16H19NO5/c1-21-11-4-2-3-10(7-11)12-8-13(12)15(18)17-5-6-22-14(9-17)16(19)20/h2-4,7,12-14H,5-6,8-9H2,1H3,(H,19,20)/t12-,13-,14-/m0/s1. The van der Waals surface area contributed by atoms with E-state index in [-0.39, 0.29) is 30.9 Å². The van der Waals surface area contributed by atoms with Crippen molar-refractivity contribution in [2.45, 2.75) is 18.4 Å². The first kappa shape index (κ1) is 14.8. The highest BCUT2D eigenvalue weighted by Gasteiger charge is 2.46. The highest BCUT2D eigenvalue weighted by molar-refractivity contribution is 5.84. The van der Waals surface area contributed by atoms with Crippen molar-refractivity contribution in [3.05, 3.63) is 29.8 Å². The van der Waals surface area contributed by atoms with Gasteiger partial charge >= 0.3 is 5.97 Å². The molecule has 0 aromatic heterocycles. The number of morpholine rings is 1. The maximum Gasteiger partial charge on any atom is 0.334 e. The molecule has 2 aliphatic rings. The van der Waals surface area contributed by atoms with E-state index in [2.05, 4.69) is 0 Å². The second kappa shape index (κ2) is 5.96. The molecule has 3 rings (SSSR count). The lowest BCUT2D eigenvalue weighted by Gasteiger charge is -2.31. The van der Waals surface area contributed by atoms with Gasteiger partial charge < -0.3 is 19.5 Å². The van der Waals surface area contributed by atoms with Crippen LogP contribution in [0.15, 0.2) is 24.3 Å². The summed E-state index contributed by atoms with van der Waals surface area (Å²) in [5.74, 6) is -0.0544. The number of carbonyl (C=O) groups excluding carboxylic acids is 1. The molecule has 1 saturated heterocycles. The van der Waals surface area contributed by atoms with Gasteiger partial charge in [0.1, 0.15) is 5.75 Å². The molecule has 118 valence electrons. The Morgan fingerprint density at radius 2 is 2.23 bits per heavy atom. The van der Waals surface area contributed by atoms with Gasteiger partial charge in [0.05, 0.1) is 20.3 Å². The summed E-state index contributed by atoms with van der Waals surface area (Å²) in [5, 5.41) is 9.00. The van der Waals surface area contributed by atoms with Gasteiger partial charge in [-0.2, -0.15) is 0 Å². The van der Waals surface area contributed by atoms with Gasteiger partial charge in [-0.3, -0.25) is 4.79 Å². The zero-order chi connectivity index (χ0) is 15.7. The number of nitrogens with zero attached hydrogens (tertiary/aromatic N) is 1. The zero-order valence-electron chi connectivity index (χ0n) is 12.4. The minimum Gasteiger partial charge on any atom is -0.497 e. The molecule has 1 N–H and O–H groups in total. The maximum absolute atomic E-state index is 12.5. The van der Waals surface area contributed by atoms with Crippen molar-refractivity contribution in [3.8, 4) is 5.75 Å². The first-order valence-corrected chi connectivity index (χ1v) is 7.37. The summed E-state index contributed by atoms with van der Waals surface area (Å²) in [6, 6.07) is 7.75. The molecule has 0 bridgehead atoms. The number of hydrogen-bond acceptors (Lipinski definition) is 4. The van der Waals surface area contributed by atoms with Gasteiger partial charge in [0, 0.05) is 12.5 Å². The van der Waals surface area contributed by atoms with E-state index in [1.54, 1.807) is 12.0 Å². The number of hydrogen-bond donors (Lipinski definition) is 1. The third-order valence-corrected chi connectivity index (χ3v) is 4.28. The van der Waals surface area contributed by atoms with Crippen LogP contribution in [0.2, 0.25) is 0 Å². The van der Waals surface area contributed by atoms with Gasteiger partial charge in [-0.25, -0.2) is 4.79 Å². The van der Waals surface area contributed by atoms with Crippen LogP contribution in [0.5, 0.6) is 5.75 Å². The Kier molecular flexibility index (Phi) is 4.02. The van der Waals surface area contributed by atoms with E-state index >= 15 is 0 Å². The van der Waals surface area contributed by atoms with Crippen LogP contribution in [0.4, 0.5) is 0 Å². The molecule has 3 atom stereocenters. The normalized spacial score (nSPS) is 27.3. The zero-order valence-corrected chi connectivity index (χ0v) is 12.4. The van der Waals surface area contributed by atoms with Crippen LogP contribution in [0.25, 0.3) is 0 Å². The summed E-state index contributed by atoms with van der Waals surface area (Å²) in [4.78, 5) is 25.1. The Morgan fingerprint density at radius 3 is 2.95 bits per heavy atom. The number of carboxylic acid groups (broad SMARTS) is 1. The molecule has 0 spiro atoms. The molecule has 1 heterocycles. The minimum atomic E-state index is -1.02. The highest BCUT2D eigenvalue weighted by atomic mass is 16.5. The van der Waals surface area contributed by atoms with Crippen LogP contribution in [-0.4, -0.2) is 54.8 Å². The van der Waals surface area contributed by atoms with Gasteiger partial charge in [0.15, 0.2) is 6.10 Å². The van der Waals surface area contributed by atoms with Gasteiger partial charge in [0.25, 0.3) is 0 Å². The predicted octanol–water partition coefficient (Wildman–Crippen LogP) is 1.11. The second-order valence-electron chi connectivity index (χ2n) is 5.71. The van der Waals surface area contributed by atoms with E-state index in [0.29, 0.717) is 6.54 Å². The van der Waals surface area contributed by atoms with Gasteiger partial charge in [-0.15, -0.1) is 0 Å². The summed E-state index contributed by atoms with van der Waals surface area (Å²) in [5.41, 5.74) is 1.10. The lowest BCUT2D eigenvalue weighted by atomic mass is 10.1. The van der Waals surface area contributed by atoms with E-state index in [4.69, 9.17) is 14.6 Å². The Bertz CT molecular complexity index is 588. The summed E-state index contributed by atoms with van der Waals surface area (Å²) < 4.78 is 10.4. The topological polar surface area (TPSA) is 76.1 Å². The molecular formula is C16H19NO5. The lowest BCUT2D eigenvalue weighted by molar-refractivity contribution is -0.159. The van der Waals surface area contributed by atoms with Crippen LogP contribution >= 0.6 is 0 Å². The fraction of sp³-hybridized carbons (Fsp3) is 0.500. The number of carboxylic acids is 1.